The zero-order chi connectivity index (χ0) is 15.8. The Hall–Kier alpha value is -1.75. The summed E-state index contributed by atoms with van der Waals surface area (Å²) in [4.78, 5) is 14.2. The summed E-state index contributed by atoms with van der Waals surface area (Å²) in [6.07, 6.45) is 2.15. The van der Waals surface area contributed by atoms with Gasteiger partial charge in [-0.25, -0.2) is 0 Å². The van der Waals surface area contributed by atoms with Crippen LogP contribution in [-0.4, -0.2) is 50.8 Å². The van der Waals surface area contributed by atoms with Crippen LogP contribution in [0.4, 0.5) is 0 Å². The average Bonchev–Trinajstić information content (AvgIpc) is 2.58. The number of hydrogen-bond donors (Lipinski definition) is 0. The topological polar surface area (TPSA) is 48.0 Å². The molecular formula is C17H25NO4. The Labute approximate surface area is 132 Å². The van der Waals surface area contributed by atoms with Crippen LogP contribution in [0.15, 0.2) is 24.3 Å². The zero-order valence-corrected chi connectivity index (χ0v) is 13.4. The van der Waals surface area contributed by atoms with Gasteiger partial charge in [-0.15, -0.1) is 0 Å². The fraction of sp³-hybridized carbons (Fsp3) is 0.588. The summed E-state index contributed by atoms with van der Waals surface area (Å²) >= 11 is 0. The van der Waals surface area contributed by atoms with Gasteiger partial charge in [-0.2, -0.15) is 0 Å². The molecule has 1 heterocycles. The van der Waals surface area contributed by atoms with E-state index in [1.807, 2.05) is 30.0 Å². The molecule has 22 heavy (non-hydrogen) atoms. The normalized spacial score (nSPS) is 18.1. The first-order chi connectivity index (χ1) is 10.7. The molecule has 5 nitrogen and oxygen atoms in total. The monoisotopic (exact) mass is 307 g/mol. The first kappa shape index (κ1) is 16.6. The highest BCUT2D eigenvalue weighted by atomic mass is 16.5. The number of carbonyl (C=O) groups excluding carboxylic acids is 1. The van der Waals surface area contributed by atoms with Crippen molar-refractivity contribution in [1.82, 2.24) is 4.90 Å². The summed E-state index contributed by atoms with van der Waals surface area (Å²) < 4.78 is 16.3. The van der Waals surface area contributed by atoms with Crippen molar-refractivity contribution in [3.05, 3.63) is 24.3 Å². The third kappa shape index (κ3) is 4.63. The molecule has 0 radical (unpaired) electrons. The van der Waals surface area contributed by atoms with Gasteiger partial charge in [0.1, 0.15) is 0 Å². The van der Waals surface area contributed by atoms with Crippen molar-refractivity contribution in [1.29, 1.82) is 0 Å². The van der Waals surface area contributed by atoms with E-state index in [4.69, 9.17) is 14.2 Å². The van der Waals surface area contributed by atoms with Crippen LogP contribution in [0.5, 0.6) is 11.5 Å². The summed E-state index contributed by atoms with van der Waals surface area (Å²) in [5, 5.41) is 0. The fourth-order valence-electron chi connectivity index (χ4n) is 2.68. The maximum atomic E-state index is 12.3. The number of carbonyl (C=O) groups is 1. The summed E-state index contributed by atoms with van der Waals surface area (Å²) in [5.74, 6) is 1.69. The number of nitrogens with zero attached hydrogens (tertiary/aromatic N) is 1. The van der Waals surface area contributed by atoms with Gasteiger partial charge in [-0.3, -0.25) is 4.79 Å². The van der Waals surface area contributed by atoms with E-state index < -0.39 is 0 Å². The van der Waals surface area contributed by atoms with Crippen LogP contribution in [0.2, 0.25) is 0 Å². The van der Waals surface area contributed by atoms with E-state index in [2.05, 4.69) is 0 Å². The molecule has 122 valence electrons. The van der Waals surface area contributed by atoms with Crippen molar-refractivity contribution in [3.63, 3.8) is 0 Å². The standard InChI is InChI=1S/C17H25NO4/c1-3-21-12-14-7-6-10-18(11-14)17(19)13-22-16-9-5-4-8-15(16)20-2/h4-5,8-9,14H,3,6-7,10-13H2,1-2H3. The van der Waals surface area contributed by atoms with Gasteiger partial charge in [0.15, 0.2) is 18.1 Å². The molecule has 0 spiro atoms. The molecule has 0 saturated carbocycles. The second-order valence-electron chi connectivity index (χ2n) is 5.45. The van der Waals surface area contributed by atoms with Crippen LogP contribution in [-0.2, 0) is 9.53 Å². The summed E-state index contributed by atoms with van der Waals surface area (Å²) in [6.45, 7) is 5.05. The van der Waals surface area contributed by atoms with Gasteiger partial charge in [0.25, 0.3) is 5.91 Å². The molecule has 1 amide bonds. The Morgan fingerprint density at radius 2 is 2.09 bits per heavy atom. The number of amides is 1. The largest absolute Gasteiger partial charge is 0.493 e. The number of piperidine rings is 1. The second kappa shape index (κ2) is 8.63. The number of ether oxygens (including phenoxy) is 3. The Morgan fingerprint density at radius 1 is 1.32 bits per heavy atom. The van der Waals surface area contributed by atoms with Crippen LogP contribution in [0.25, 0.3) is 0 Å². The molecule has 1 fully saturated rings. The SMILES string of the molecule is CCOCC1CCCN(C(=O)COc2ccccc2OC)C1. The third-order valence-corrected chi connectivity index (χ3v) is 3.85. The van der Waals surface area contributed by atoms with E-state index in [0.717, 1.165) is 39.1 Å². The van der Waals surface area contributed by atoms with Gasteiger partial charge in [0.2, 0.25) is 0 Å². The Kier molecular flexibility index (Phi) is 6.52. The van der Waals surface area contributed by atoms with Crippen LogP contribution in [0, 0.1) is 5.92 Å². The quantitative estimate of drug-likeness (QED) is 0.776. The summed E-state index contributed by atoms with van der Waals surface area (Å²) in [6, 6.07) is 7.36. The molecule has 5 heteroatoms. The molecule has 1 aromatic rings. The smallest absolute Gasteiger partial charge is 0.260 e. The maximum Gasteiger partial charge on any atom is 0.260 e. The first-order valence-corrected chi connectivity index (χ1v) is 7.86. The predicted octanol–water partition coefficient (Wildman–Crippen LogP) is 2.35. The molecule has 1 atom stereocenters. The number of para-hydroxylation sites is 2. The van der Waals surface area contributed by atoms with Crippen molar-refractivity contribution in [2.24, 2.45) is 5.92 Å². The van der Waals surface area contributed by atoms with Crippen LogP contribution < -0.4 is 9.47 Å². The minimum atomic E-state index is 0.0205. The molecule has 1 aromatic carbocycles. The van der Waals surface area contributed by atoms with Gasteiger partial charge >= 0.3 is 0 Å². The lowest BCUT2D eigenvalue weighted by atomic mass is 9.99. The van der Waals surface area contributed by atoms with Crippen LogP contribution in [0.3, 0.4) is 0 Å². The Balaban J connectivity index is 1.83. The lowest BCUT2D eigenvalue weighted by Gasteiger charge is -2.32. The zero-order valence-electron chi connectivity index (χ0n) is 13.4. The molecule has 0 bridgehead atoms. The van der Waals surface area contributed by atoms with Gasteiger partial charge in [0, 0.05) is 19.7 Å². The van der Waals surface area contributed by atoms with Gasteiger partial charge in [-0.05, 0) is 37.8 Å². The molecule has 0 aliphatic carbocycles. The van der Waals surface area contributed by atoms with Crippen molar-refractivity contribution >= 4 is 5.91 Å². The third-order valence-electron chi connectivity index (χ3n) is 3.85. The molecular weight excluding hydrogens is 282 g/mol. The van der Waals surface area contributed by atoms with Gasteiger partial charge < -0.3 is 19.1 Å². The molecule has 1 saturated heterocycles. The highest BCUT2D eigenvalue weighted by molar-refractivity contribution is 5.78. The maximum absolute atomic E-state index is 12.3. The van der Waals surface area contributed by atoms with E-state index >= 15 is 0 Å². The fourth-order valence-corrected chi connectivity index (χ4v) is 2.68. The number of hydrogen-bond acceptors (Lipinski definition) is 4. The Bertz CT molecular complexity index is 477. The molecule has 0 aromatic heterocycles. The van der Waals surface area contributed by atoms with Gasteiger partial charge in [-0.1, -0.05) is 12.1 Å². The first-order valence-electron chi connectivity index (χ1n) is 7.86. The average molecular weight is 307 g/mol. The molecule has 2 rings (SSSR count). The van der Waals surface area contributed by atoms with Gasteiger partial charge in [0.05, 0.1) is 13.7 Å². The Morgan fingerprint density at radius 3 is 2.82 bits per heavy atom. The number of methoxy groups -OCH3 is 1. The molecule has 1 aliphatic rings. The van der Waals surface area contributed by atoms with E-state index in [9.17, 15) is 4.79 Å². The van der Waals surface area contributed by atoms with Crippen LogP contribution in [0.1, 0.15) is 19.8 Å². The molecule has 0 N–H and O–H groups in total. The lowest BCUT2D eigenvalue weighted by molar-refractivity contribution is -0.135. The summed E-state index contributed by atoms with van der Waals surface area (Å²) in [7, 11) is 1.59. The highest BCUT2D eigenvalue weighted by Gasteiger charge is 2.24. The van der Waals surface area contributed by atoms with Crippen LogP contribution >= 0.6 is 0 Å². The van der Waals surface area contributed by atoms with Crippen molar-refractivity contribution in [3.8, 4) is 11.5 Å². The van der Waals surface area contributed by atoms with E-state index in [1.54, 1.807) is 13.2 Å². The van der Waals surface area contributed by atoms with E-state index in [1.165, 1.54) is 0 Å². The minimum Gasteiger partial charge on any atom is -0.493 e. The number of likely N-dealkylation sites (tertiary alicyclic amines) is 1. The van der Waals surface area contributed by atoms with E-state index in [0.29, 0.717) is 17.4 Å². The van der Waals surface area contributed by atoms with E-state index in [-0.39, 0.29) is 12.5 Å². The number of benzene rings is 1. The number of rotatable bonds is 7. The lowest BCUT2D eigenvalue weighted by Crippen LogP contribution is -2.43. The predicted molar refractivity (Wildman–Crippen MR) is 84.3 cm³/mol. The van der Waals surface area contributed by atoms with Crippen molar-refractivity contribution in [2.45, 2.75) is 19.8 Å². The summed E-state index contributed by atoms with van der Waals surface area (Å²) in [5.41, 5.74) is 0. The molecule has 1 unspecified atom stereocenters. The highest BCUT2D eigenvalue weighted by Crippen LogP contribution is 2.26. The molecule has 1 aliphatic heterocycles. The minimum absolute atomic E-state index is 0.0205. The van der Waals surface area contributed by atoms with Crippen molar-refractivity contribution in [2.75, 3.05) is 40.0 Å². The second-order valence-corrected chi connectivity index (χ2v) is 5.45. The van der Waals surface area contributed by atoms with Crippen molar-refractivity contribution < 1.29 is 19.0 Å².